The van der Waals surface area contributed by atoms with Crippen LogP contribution in [0.1, 0.15) is 44.1 Å². The van der Waals surface area contributed by atoms with Gasteiger partial charge in [0.15, 0.2) is 0 Å². The summed E-state index contributed by atoms with van der Waals surface area (Å²) in [5, 5.41) is 0. The van der Waals surface area contributed by atoms with E-state index in [1.54, 1.807) is 11.3 Å². The third kappa shape index (κ3) is 3.39. The monoisotopic (exact) mass is 374 g/mol. The number of carbonyl (C=O) groups is 1. The molecule has 0 atom stereocenters. The average molecular weight is 375 g/mol. The van der Waals surface area contributed by atoms with Gasteiger partial charge in [0.25, 0.3) is 5.91 Å². The SMILES string of the molecule is CN1CCC(=C2c3ccccc3CCc3sc(C(N)=O)cc32)CC1.Cl. The number of primary amides is 1. The van der Waals surface area contributed by atoms with Crippen molar-refractivity contribution >= 4 is 35.2 Å². The maximum atomic E-state index is 11.7. The summed E-state index contributed by atoms with van der Waals surface area (Å²) in [5.74, 6) is -0.311. The molecule has 25 heavy (non-hydrogen) atoms. The summed E-state index contributed by atoms with van der Waals surface area (Å²) in [5.41, 5.74) is 12.5. The van der Waals surface area contributed by atoms with E-state index < -0.39 is 0 Å². The number of halogens is 1. The van der Waals surface area contributed by atoms with Crippen LogP contribution in [-0.4, -0.2) is 30.9 Å². The second-order valence-electron chi connectivity index (χ2n) is 6.75. The number of carbonyl (C=O) groups excluding carboxylic acids is 1. The molecule has 2 aliphatic rings. The lowest BCUT2D eigenvalue weighted by Gasteiger charge is -2.27. The largest absolute Gasteiger partial charge is 0.365 e. The van der Waals surface area contributed by atoms with Crippen LogP contribution in [-0.2, 0) is 12.8 Å². The molecule has 1 aromatic heterocycles. The van der Waals surface area contributed by atoms with Crippen LogP contribution in [0.3, 0.4) is 0 Å². The first kappa shape index (κ1) is 18.2. The lowest BCUT2D eigenvalue weighted by molar-refractivity contribution is 0.100. The topological polar surface area (TPSA) is 46.3 Å². The Morgan fingerprint density at radius 1 is 1.08 bits per heavy atom. The van der Waals surface area contributed by atoms with Crippen molar-refractivity contribution in [2.45, 2.75) is 25.7 Å². The van der Waals surface area contributed by atoms with E-state index in [2.05, 4.69) is 36.2 Å². The number of hydrogen-bond donors (Lipinski definition) is 1. The lowest BCUT2D eigenvalue weighted by atomic mass is 9.87. The van der Waals surface area contributed by atoms with Gasteiger partial charge in [0.2, 0.25) is 0 Å². The first-order valence-electron chi connectivity index (χ1n) is 8.55. The summed E-state index contributed by atoms with van der Waals surface area (Å²) in [7, 11) is 2.18. The molecule has 1 amide bonds. The summed E-state index contributed by atoms with van der Waals surface area (Å²) in [6, 6.07) is 10.8. The summed E-state index contributed by atoms with van der Waals surface area (Å²) in [6.07, 6.45) is 4.21. The third-order valence-corrected chi connectivity index (χ3v) is 6.38. The van der Waals surface area contributed by atoms with Gasteiger partial charge < -0.3 is 10.6 Å². The smallest absolute Gasteiger partial charge is 0.258 e. The molecule has 0 bridgehead atoms. The van der Waals surface area contributed by atoms with Gasteiger partial charge in [0.05, 0.1) is 4.88 Å². The molecule has 5 heteroatoms. The Morgan fingerprint density at radius 3 is 2.52 bits per heavy atom. The zero-order valence-corrected chi connectivity index (χ0v) is 16.0. The van der Waals surface area contributed by atoms with E-state index in [-0.39, 0.29) is 18.3 Å². The second kappa shape index (κ2) is 7.32. The highest BCUT2D eigenvalue weighted by Crippen LogP contribution is 2.41. The first-order valence-corrected chi connectivity index (χ1v) is 9.37. The molecule has 3 nitrogen and oxygen atoms in total. The standard InChI is InChI=1S/C20H22N2OS.ClH/c1-22-10-8-14(9-11-22)19-15-5-3-2-4-13(15)6-7-17-16(19)12-18(24-17)20(21)23;/h2-5,12H,6-11H2,1H3,(H2,21,23);1H. The van der Waals surface area contributed by atoms with Crippen molar-refractivity contribution in [3.63, 3.8) is 0 Å². The molecule has 4 rings (SSSR count). The number of hydrogen-bond acceptors (Lipinski definition) is 3. The molecule has 2 aromatic rings. The van der Waals surface area contributed by atoms with Crippen LogP contribution in [0.5, 0.6) is 0 Å². The molecule has 1 saturated heterocycles. The number of rotatable bonds is 1. The highest BCUT2D eigenvalue weighted by atomic mass is 35.5. The lowest BCUT2D eigenvalue weighted by Crippen LogP contribution is -2.27. The number of thiophene rings is 1. The number of nitrogens with two attached hydrogens (primary N) is 1. The summed E-state index contributed by atoms with van der Waals surface area (Å²) in [4.78, 5) is 16.1. The van der Waals surface area contributed by atoms with Crippen molar-refractivity contribution in [1.82, 2.24) is 4.90 Å². The molecular formula is C20H23ClN2OS. The molecule has 1 aromatic carbocycles. The molecule has 1 fully saturated rings. The minimum absolute atomic E-state index is 0. The van der Waals surface area contributed by atoms with E-state index in [4.69, 9.17) is 5.73 Å². The first-order chi connectivity index (χ1) is 11.6. The Morgan fingerprint density at radius 2 is 1.80 bits per heavy atom. The van der Waals surface area contributed by atoms with E-state index in [1.165, 1.54) is 32.7 Å². The fourth-order valence-electron chi connectivity index (χ4n) is 3.84. The Hall–Kier alpha value is -1.62. The molecule has 1 aliphatic heterocycles. The van der Waals surface area contributed by atoms with Crippen molar-refractivity contribution in [2.24, 2.45) is 5.73 Å². The van der Waals surface area contributed by atoms with E-state index in [0.29, 0.717) is 4.88 Å². The van der Waals surface area contributed by atoms with Crippen molar-refractivity contribution in [2.75, 3.05) is 20.1 Å². The number of likely N-dealkylation sites (tertiary alicyclic amines) is 1. The Balaban J connectivity index is 0.00000182. The summed E-state index contributed by atoms with van der Waals surface area (Å²) >= 11 is 1.58. The van der Waals surface area contributed by atoms with Crippen molar-refractivity contribution in [3.05, 3.63) is 62.3 Å². The Bertz CT molecular complexity index is 830. The van der Waals surface area contributed by atoms with E-state index >= 15 is 0 Å². The molecule has 132 valence electrons. The van der Waals surface area contributed by atoms with Crippen molar-refractivity contribution < 1.29 is 4.79 Å². The number of nitrogens with zero attached hydrogens (tertiary/aromatic N) is 1. The van der Waals surface area contributed by atoms with Crippen LogP contribution < -0.4 is 5.73 Å². The Labute approximate surface area is 158 Å². The number of amides is 1. The van der Waals surface area contributed by atoms with E-state index in [0.717, 1.165) is 38.8 Å². The van der Waals surface area contributed by atoms with Gasteiger partial charge in [0.1, 0.15) is 0 Å². The summed E-state index contributed by atoms with van der Waals surface area (Å²) < 4.78 is 0. The van der Waals surface area contributed by atoms with Gasteiger partial charge in [-0.1, -0.05) is 29.8 Å². The summed E-state index contributed by atoms with van der Waals surface area (Å²) in [6.45, 7) is 2.20. The quantitative estimate of drug-likeness (QED) is 0.822. The fourth-order valence-corrected chi connectivity index (χ4v) is 4.86. The van der Waals surface area contributed by atoms with Crippen molar-refractivity contribution in [3.8, 4) is 0 Å². The predicted molar refractivity (Wildman–Crippen MR) is 107 cm³/mol. The van der Waals surface area contributed by atoms with Crippen LogP contribution >= 0.6 is 23.7 Å². The highest BCUT2D eigenvalue weighted by molar-refractivity contribution is 7.14. The molecule has 0 unspecified atom stereocenters. The van der Waals surface area contributed by atoms with Gasteiger partial charge in [-0.15, -0.1) is 23.7 Å². The highest BCUT2D eigenvalue weighted by Gasteiger charge is 2.25. The zero-order chi connectivity index (χ0) is 16.7. The van der Waals surface area contributed by atoms with Crippen LogP contribution in [0.4, 0.5) is 0 Å². The van der Waals surface area contributed by atoms with Crippen molar-refractivity contribution in [1.29, 1.82) is 0 Å². The minimum Gasteiger partial charge on any atom is -0.365 e. The van der Waals surface area contributed by atoms with Crippen LogP contribution in [0, 0.1) is 0 Å². The average Bonchev–Trinajstić information content (AvgIpc) is 2.94. The van der Waals surface area contributed by atoms with Gasteiger partial charge in [0, 0.05) is 18.0 Å². The molecule has 1 aliphatic carbocycles. The van der Waals surface area contributed by atoms with Crippen LogP contribution in [0.15, 0.2) is 35.9 Å². The fraction of sp³-hybridized carbons (Fsp3) is 0.350. The van der Waals surface area contributed by atoms with Gasteiger partial charge in [-0.2, -0.15) is 0 Å². The minimum atomic E-state index is -0.311. The Kier molecular flexibility index (Phi) is 5.32. The maximum Gasteiger partial charge on any atom is 0.258 e. The van der Waals surface area contributed by atoms with Crippen LogP contribution in [0.2, 0.25) is 0 Å². The normalized spacial score (nSPS) is 17.3. The zero-order valence-electron chi connectivity index (χ0n) is 14.4. The van der Waals surface area contributed by atoms with Gasteiger partial charge in [-0.05, 0) is 61.1 Å². The molecule has 2 heterocycles. The van der Waals surface area contributed by atoms with Gasteiger partial charge >= 0.3 is 0 Å². The number of fused-ring (bicyclic) bond motifs is 2. The molecule has 0 spiro atoms. The van der Waals surface area contributed by atoms with Gasteiger partial charge in [-0.3, -0.25) is 4.79 Å². The molecule has 0 radical (unpaired) electrons. The maximum absolute atomic E-state index is 11.7. The molecular weight excluding hydrogens is 352 g/mol. The second-order valence-corrected chi connectivity index (χ2v) is 7.89. The molecule has 2 N–H and O–H groups in total. The number of piperidine rings is 1. The number of aryl methyl sites for hydroxylation is 2. The van der Waals surface area contributed by atoms with Crippen LogP contribution in [0.25, 0.3) is 5.57 Å². The van der Waals surface area contributed by atoms with Gasteiger partial charge in [-0.25, -0.2) is 0 Å². The van der Waals surface area contributed by atoms with E-state index in [1.807, 2.05) is 6.07 Å². The number of benzene rings is 1. The van der Waals surface area contributed by atoms with E-state index in [9.17, 15) is 4.79 Å². The predicted octanol–water partition coefficient (Wildman–Crippen LogP) is 3.89. The third-order valence-electron chi connectivity index (χ3n) is 5.17. The molecule has 0 saturated carbocycles.